The molecule has 2 heteroatoms. The van der Waals surface area contributed by atoms with E-state index in [-0.39, 0.29) is 0 Å². The van der Waals surface area contributed by atoms with Gasteiger partial charge >= 0.3 is 0 Å². The second kappa shape index (κ2) is 10.9. The molecule has 6 aromatic rings. The summed E-state index contributed by atoms with van der Waals surface area (Å²) in [6.07, 6.45) is 0. The van der Waals surface area contributed by atoms with Crippen LogP contribution < -0.4 is 0 Å². The number of fused-ring (bicyclic) bond motifs is 5. The van der Waals surface area contributed by atoms with Gasteiger partial charge in [0, 0.05) is 13.1 Å². The lowest BCUT2D eigenvalue weighted by Crippen LogP contribution is -2.45. The van der Waals surface area contributed by atoms with E-state index in [9.17, 15) is 0 Å². The van der Waals surface area contributed by atoms with E-state index in [4.69, 9.17) is 0 Å². The molecule has 0 spiro atoms. The summed E-state index contributed by atoms with van der Waals surface area (Å²) in [5, 5.41) is 0. The molecule has 6 aromatic carbocycles. The van der Waals surface area contributed by atoms with Gasteiger partial charge in [-0.05, 0) is 95.0 Å². The Morgan fingerprint density at radius 3 is 1.39 bits per heavy atom. The highest BCUT2D eigenvalue weighted by Crippen LogP contribution is 2.66. The molecule has 2 aliphatic rings. The Morgan fingerprint density at radius 1 is 0.370 bits per heavy atom. The van der Waals surface area contributed by atoms with Gasteiger partial charge in [0.25, 0.3) is 0 Å². The van der Waals surface area contributed by atoms with Crippen molar-refractivity contribution in [3.05, 3.63) is 201 Å². The van der Waals surface area contributed by atoms with Crippen LogP contribution in [0, 0.1) is 0 Å². The monoisotopic (exact) mass is 596 g/mol. The van der Waals surface area contributed by atoms with Crippen molar-refractivity contribution >= 4 is 0 Å². The molecule has 46 heavy (non-hydrogen) atoms. The maximum absolute atomic E-state index is 2.44. The van der Waals surface area contributed by atoms with Crippen LogP contribution in [0.5, 0.6) is 0 Å². The van der Waals surface area contributed by atoms with Gasteiger partial charge in [-0.3, -0.25) is 0 Å². The van der Waals surface area contributed by atoms with Crippen LogP contribution in [0.25, 0.3) is 11.1 Å². The minimum absolute atomic E-state index is 0.434. The van der Waals surface area contributed by atoms with E-state index in [0.717, 1.165) is 13.1 Å². The largest absolute Gasteiger partial charge is 0.305 e. The van der Waals surface area contributed by atoms with Crippen LogP contribution in [0.15, 0.2) is 146 Å². The van der Waals surface area contributed by atoms with Gasteiger partial charge in [-0.1, -0.05) is 146 Å². The fourth-order valence-corrected chi connectivity index (χ4v) is 8.83. The van der Waals surface area contributed by atoms with Gasteiger partial charge in [0.2, 0.25) is 0 Å². The fraction of sp³-hybridized carbons (Fsp3) is 0.182. The molecule has 2 aliphatic carbocycles. The molecule has 0 fully saturated rings. The molecule has 1 atom stereocenters. The molecule has 0 heterocycles. The number of nitrogens with zero attached hydrogens (tertiary/aromatic N) is 2. The second-order valence-corrected chi connectivity index (χ2v) is 13.5. The summed E-state index contributed by atoms with van der Waals surface area (Å²) in [6, 6.07) is 55.2. The van der Waals surface area contributed by atoms with Crippen molar-refractivity contribution in [2.45, 2.75) is 23.9 Å². The third-order valence-electron chi connectivity index (χ3n) is 10.2. The van der Waals surface area contributed by atoms with Crippen LogP contribution in [0.3, 0.4) is 0 Å². The summed E-state index contributed by atoms with van der Waals surface area (Å²) in [7, 11) is 8.70. The molecular formula is C44H40N2. The van der Waals surface area contributed by atoms with Crippen molar-refractivity contribution in [3.63, 3.8) is 0 Å². The topological polar surface area (TPSA) is 6.48 Å². The quantitative estimate of drug-likeness (QED) is 0.181. The molecule has 0 saturated heterocycles. The van der Waals surface area contributed by atoms with Crippen molar-refractivity contribution < 1.29 is 0 Å². The van der Waals surface area contributed by atoms with Crippen molar-refractivity contribution in [2.75, 3.05) is 28.2 Å². The van der Waals surface area contributed by atoms with Crippen LogP contribution in [-0.2, 0) is 23.9 Å². The Balaban J connectivity index is 1.63. The van der Waals surface area contributed by atoms with Crippen LogP contribution in [-0.4, -0.2) is 38.0 Å². The standard InChI is InChI=1S/C44H40N2/c1-45(2)29-31-17-8-11-23-36(31)44(37-24-12-9-18-32(37)30-46(3)4)40-27-15-14-26-39(40)43(33-19-6-5-7-20-33)38-25-13-10-21-34(38)35-22-16-28-41(44)42(35)43/h5-28H,29-30H2,1-4H3. The zero-order valence-electron chi connectivity index (χ0n) is 27.2. The molecule has 0 aliphatic heterocycles. The normalized spacial score (nSPS) is 17.1. The summed E-state index contributed by atoms with van der Waals surface area (Å²) >= 11 is 0. The maximum atomic E-state index is 2.44. The average molecular weight is 597 g/mol. The van der Waals surface area contributed by atoms with Gasteiger partial charge < -0.3 is 9.80 Å². The van der Waals surface area contributed by atoms with Crippen molar-refractivity contribution in [3.8, 4) is 11.1 Å². The SMILES string of the molecule is CN(C)Cc1ccccc1C1(c2ccccc2CN(C)C)c2ccccc2C2(c3ccccc3)c3ccccc3-c3cccc1c32. The Hall–Kier alpha value is -4.76. The van der Waals surface area contributed by atoms with E-state index in [2.05, 4.69) is 184 Å². The van der Waals surface area contributed by atoms with Gasteiger partial charge in [0.15, 0.2) is 0 Å². The Labute approximate surface area is 273 Å². The van der Waals surface area contributed by atoms with E-state index >= 15 is 0 Å². The highest BCUT2D eigenvalue weighted by Gasteiger charge is 2.58. The number of hydrogen-bond acceptors (Lipinski definition) is 2. The maximum Gasteiger partial charge on any atom is 0.0720 e. The molecule has 226 valence electrons. The van der Waals surface area contributed by atoms with Crippen LogP contribution in [0.1, 0.15) is 55.6 Å². The molecular weight excluding hydrogens is 556 g/mol. The molecule has 0 amide bonds. The zero-order chi connectivity index (χ0) is 31.5. The number of benzene rings is 6. The third-order valence-corrected chi connectivity index (χ3v) is 10.2. The Bertz CT molecular complexity index is 2020. The lowest BCUT2D eigenvalue weighted by molar-refractivity contribution is 0.395. The lowest BCUT2D eigenvalue weighted by Gasteiger charge is -2.50. The highest BCUT2D eigenvalue weighted by atomic mass is 15.1. The second-order valence-electron chi connectivity index (χ2n) is 13.5. The summed E-state index contributed by atoms with van der Waals surface area (Å²) in [6.45, 7) is 1.71. The fourth-order valence-electron chi connectivity index (χ4n) is 8.83. The lowest BCUT2D eigenvalue weighted by atomic mass is 9.51. The van der Waals surface area contributed by atoms with Gasteiger partial charge in [-0.15, -0.1) is 0 Å². The first-order valence-corrected chi connectivity index (χ1v) is 16.3. The van der Waals surface area contributed by atoms with Crippen molar-refractivity contribution in [1.82, 2.24) is 9.80 Å². The summed E-state index contributed by atoms with van der Waals surface area (Å²) < 4.78 is 0. The molecule has 2 nitrogen and oxygen atoms in total. The van der Waals surface area contributed by atoms with Gasteiger partial charge in [-0.2, -0.15) is 0 Å². The van der Waals surface area contributed by atoms with Gasteiger partial charge in [0.05, 0.1) is 10.8 Å². The molecule has 8 rings (SSSR count). The number of rotatable bonds is 7. The predicted octanol–water partition coefficient (Wildman–Crippen LogP) is 8.87. The first-order valence-electron chi connectivity index (χ1n) is 16.3. The minimum atomic E-state index is -0.540. The molecule has 0 radical (unpaired) electrons. The van der Waals surface area contributed by atoms with Crippen LogP contribution >= 0.6 is 0 Å². The Kier molecular flexibility index (Phi) is 6.83. The zero-order valence-corrected chi connectivity index (χ0v) is 27.2. The van der Waals surface area contributed by atoms with E-state index in [0.29, 0.717) is 0 Å². The molecule has 0 aromatic heterocycles. The average Bonchev–Trinajstić information content (AvgIpc) is 3.38. The summed E-state index contributed by atoms with van der Waals surface area (Å²) in [5.41, 5.74) is 15.3. The Morgan fingerprint density at radius 2 is 0.804 bits per heavy atom. The van der Waals surface area contributed by atoms with Crippen molar-refractivity contribution in [1.29, 1.82) is 0 Å². The molecule has 0 saturated carbocycles. The molecule has 0 N–H and O–H groups in total. The van der Waals surface area contributed by atoms with E-state index in [1.165, 1.54) is 66.8 Å². The van der Waals surface area contributed by atoms with E-state index < -0.39 is 10.8 Å². The first-order chi connectivity index (χ1) is 22.5. The first kappa shape index (κ1) is 28.7. The van der Waals surface area contributed by atoms with E-state index in [1.54, 1.807) is 0 Å². The summed E-state index contributed by atoms with van der Waals surface area (Å²) in [4.78, 5) is 4.60. The molecule has 0 bridgehead atoms. The third kappa shape index (κ3) is 3.90. The van der Waals surface area contributed by atoms with Crippen LogP contribution in [0.2, 0.25) is 0 Å². The number of hydrogen-bond donors (Lipinski definition) is 0. The highest BCUT2D eigenvalue weighted by molar-refractivity contribution is 5.91. The predicted molar refractivity (Wildman–Crippen MR) is 190 cm³/mol. The minimum Gasteiger partial charge on any atom is -0.305 e. The smallest absolute Gasteiger partial charge is 0.0720 e. The molecule has 1 unspecified atom stereocenters. The van der Waals surface area contributed by atoms with E-state index in [1.807, 2.05) is 0 Å². The summed E-state index contributed by atoms with van der Waals surface area (Å²) in [5.74, 6) is 0. The van der Waals surface area contributed by atoms with Crippen molar-refractivity contribution in [2.24, 2.45) is 0 Å². The van der Waals surface area contributed by atoms with Crippen LogP contribution in [0.4, 0.5) is 0 Å². The van der Waals surface area contributed by atoms with Gasteiger partial charge in [0.1, 0.15) is 0 Å². The van der Waals surface area contributed by atoms with Gasteiger partial charge in [-0.25, -0.2) is 0 Å².